The maximum Gasteiger partial charge on any atom is 0.325 e. The first-order valence-corrected chi connectivity index (χ1v) is 8.13. The molecule has 1 aliphatic carbocycles. The van der Waals surface area contributed by atoms with Gasteiger partial charge in [-0.25, -0.2) is 4.79 Å². The second-order valence-electron chi connectivity index (χ2n) is 6.63. The van der Waals surface area contributed by atoms with Gasteiger partial charge in [-0.05, 0) is 36.5 Å². The Labute approximate surface area is 134 Å². The number of hydrogen-bond donors (Lipinski definition) is 1. The summed E-state index contributed by atoms with van der Waals surface area (Å²) in [6.07, 6.45) is 3.81. The summed E-state index contributed by atoms with van der Waals surface area (Å²) in [6.45, 7) is 2.53. The third kappa shape index (κ3) is 2.16. The smallest absolute Gasteiger partial charge is 0.325 e. The van der Waals surface area contributed by atoms with Crippen LogP contribution in [0.3, 0.4) is 0 Å². The van der Waals surface area contributed by atoms with Crippen molar-refractivity contribution in [2.45, 2.75) is 44.7 Å². The first-order chi connectivity index (χ1) is 11.1. The van der Waals surface area contributed by atoms with Gasteiger partial charge in [0.15, 0.2) is 11.5 Å². The van der Waals surface area contributed by atoms with E-state index in [1.54, 1.807) is 0 Å². The monoisotopic (exact) mass is 316 g/mol. The summed E-state index contributed by atoms with van der Waals surface area (Å²) in [7, 11) is 0. The predicted molar refractivity (Wildman–Crippen MR) is 82.0 cm³/mol. The zero-order chi connectivity index (χ0) is 16.0. The number of amides is 3. The van der Waals surface area contributed by atoms with Crippen molar-refractivity contribution in [1.29, 1.82) is 0 Å². The molecule has 1 N–H and O–H groups in total. The molecule has 23 heavy (non-hydrogen) atoms. The molecule has 2 fully saturated rings. The Morgan fingerprint density at radius 1 is 1.26 bits per heavy atom. The van der Waals surface area contributed by atoms with Crippen molar-refractivity contribution < 1.29 is 19.1 Å². The van der Waals surface area contributed by atoms with Gasteiger partial charge in [0, 0.05) is 0 Å². The van der Waals surface area contributed by atoms with Crippen LogP contribution >= 0.6 is 0 Å². The van der Waals surface area contributed by atoms with Crippen LogP contribution in [0.4, 0.5) is 4.79 Å². The van der Waals surface area contributed by atoms with Gasteiger partial charge < -0.3 is 14.8 Å². The summed E-state index contributed by atoms with van der Waals surface area (Å²) < 4.78 is 10.6. The molecule has 3 aliphatic rings. The summed E-state index contributed by atoms with van der Waals surface area (Å²) >= 11 is 0. The van der Waals surface area contributed by atoms with Crippen molar-refractivity contribution in [3.63, 3.8) is 0 Å². The number of carbonyl (C=O) groups is 2. The fraction of sp³-hybridized carbons (Fsp3) is 0.529. The number of urea groups is 1. The molecule has 0 radical (unpaired) electrons. The van der Waals surface area contributed by atoms with Crippen molar-refractivity contribution in [1.82, 2.24) is 10.2 Å². The van der Waals surface area contributed by atoms with Gasteiger partial charge in [-0.1, -0.05) is 25.8 Å². The van der Waals surface area contributed by atoms with Gasteiger partial charge in [0.25, 0.3) is 5.91 Å². The zero-order valence-electron chi connectivity index (χ0n) is 13.1. The third-order valence-electron chi connectivity index (χ3n) is 5.28. The number of carbonyl (C=O) groups excluding carboxylic acids is 2. The minimum absolute atomic E-state index is 0.0904. The number of rotatable bonds is 2. The highest BCUT2D eigenvalue weighted by Gasteiger charge is 2.54. The van der Waals surface area contributed by atoms with Crippen LogP contribution in [0.5, 0.6) is 11.5 Å². The first kappa shape index (κ1) is 14.4. The molecule has 0 unspecified atom stereocenters. The van der Waals surface area contributed by atoms with Crippen molar-refractivity contribution in [2.24, 2.45) is 5.92 Å². The Morgan fingerprint density at radius 3 is 2.91 bits per heavy atom. The molecule has 1 spiro atoms. The fourth-order valence-corrected chi connectivity index (χ4v) is 3.86. The number of imide groups is 1. The van der Waals surface area contributed by atoms with Crippen molar-refractivity contribution in [2.75, 3.05) is 6.79 Å². The minimum Gasteiger partial charge on any atom is -0.454 e. The first-order valence-electron chi connectivity index (χ1n) is 8.13. The Kier molecular flexibility index (Phi) is 3.21. The van der Waals surface area contributed by atoms with Crippen LogP contribution in [0, 0.1) is 5.92 Å². The molecule has 1 aromatic carbocycles. The van der Waals surface area contributed by atoms with Crippen molar-refractivity contribution in [3.8, 4) is 11.5 Å². The molecule has 3 amide bonds. The van der Waals surface area contributed by atoms with Crippen molar-refractivity contribution >= 4 is 11.9 Å². The summed E-state index contributed by atoms with van der Waals surface area (Å²) in [4.78, 5) is 26.6. The molecule has 6 heteroatoms. The summed E-state index contributed by atoms with van der Waals surface area (Å²) in [5.74, 6) is 1.44. The molecule has 2 heterocycles. The lowest BCUT2D eigenvalue weighted by Gasteiger charge is -2.36. The molecule has 0 aromatic heterocycles. The number of benzene rings is 1. The molecule has 2 atom stereocenters. The highest BCUT2D eigenvalue weighted by atomic mass is 16.7. The van der Waals surface area contributed by atoms with Gasteiger partial charge in [-0.15, -0.1) is 0 Å². The number of nitrogens with zero attached hydrogens (tertiary/aromatic N) is 1. The van der Waals surface area contributed by atoms with Crippen LogP contribution in [0.25, 0.3) is 0 Å². The van der Waals surface area contributed by atoms with E-state index in [1.807, 2.05) is 18.2 Å². The normalized spacial score (nSPS) is 29.3. The Bertz CT molecular complexity index is 675. The number of nitrogens with one attached hydrogen (secondary N) is 1. The molecular formula is C17H20N2O4. The van der Waals surface area contributed by atoms with Crippen LogP contribution in [0.1, 0.15) is 38.2 Å². The van der Waals surface area contributed by atoms with Crippen LogP contribution < -0.4 is 14.8 Å². The van der Waals surface area contributed by atoms with Gasteiger partial charge in [-0.3, -0.25) is 9.69 Å². The van der Waals surface area contributed by atoms with Gasteiger partial charge >= 0.3 is 6.03 Å². The largest absolute Gasteiger partial charge is 0.454 e. The maximum atomic E-state index is 12.9. The highest BCUT2D eigenvalue weighted by Crippen LogP contribution is 2.39. The molecule has 6 nitrogen and oxygen atoms in total. The van der Waals surface area contributed by atoms with E-state index in [1.165, 1.54) is 4.90 Å². The second-order valence-corrected chi connectivity index (χ2v) is 6.63. The van der Waals surface area contributed by atoms with Crippen LogP contribution in [-0.4, -0.2) is 29.2 Å². The molecule has 1 saturated carbocycles. The molecule has 0 bridgehead atoms. The summed E-state index contributed by atoms with van der Waals surface area (Å²) in [5.41, 5.74) is 0.157. The topological polar surface area (TPSA) is 67.9 Å². The van der Waals surface area contributed by atoms with Crippen molar-refractivity contribution in [3.05, 3.63) is 23.8 Å². The Morgan fingerprint density at radius 2 is 2.09 bits per heavy atom. The standard InChI is InChI=1S/C17H20N2O4/c1-11-4-2-3-7-17(11)15(20)19(16(21)18-17)9-12-5-6-13-14(8-12)23-10-22-13/h5-6,8,11H,2-4,7,9-10H2,1H3,(H,18,21)/t11-,17+/m0/s1. The lowest BCUT2D eigenvalue weighted by atomic mass is 9.73. The maximum absolute atomic E-state index is 12.9. The average Bonchev–Trinajstić information content (AvgIpc) is 3.09. The van der Waals surface area contributed by atoms with E-state index in [4.69, 9.17) is 9.47 Å². The summed E-state index contributed by atoms with van der Waals surface area (Å²) in [5, 5.41) is 2.97. The molecule has 1 aromatic rings. The predicted octanol–water partition coefficient (Wildman–Crippen LogP) is 2.42. The Balaban J connectivity index is 1.57. The lowest BCUT2D eigenvalue weighted by Crippen LogP contribution is -2.53. The van der Waals surface area contributed by atoms with Crippen LogP contribution in [0.15, 0.2) is 18.2 Å². The van der Waals surface area contributed by atoms with Gasteiger partial charge in [0.2, 0.25) is 6.79 Å². The SMILES string of the molecule is C[C@H]1CCCC[C@@]12NC(=O)N(Cc1ccc3c(c1)OCO3)C2=O. The fourth-order valence-electron chi connectivity index (χ4n) is 3.86. The quantitative estimate of drug-likeness (QED) is 0.851. The highest BCUT2D eigenvalue weighted by molar-refractivity contribution is 6.07. The lowest BCUT2D eigenvalue weighted by molar-refractivity contribution is -0.134. The van der Waals surface area contributed by atoms with Gasteiger partial charge in [0.1, 0.15) is 5.54 Å². The van der Waals surface area contributed by atoms with E-state index in [0.717, 1.165) is 31.2 Å². The van der Waals surface area contributed by atoms with E-state index in [2.05, 4.69) is 12.2 Å². The molecular weight excluding hydrogens is 296 g/mol. The third-order valence-corrected chi connectivity index (χ3v) is 5.28. The van der Waals surface area contributed by atoms with Gasteiger partial charge in [-0.2, -0.15) is 0 Å². The van der Waals surface area contributed by atoms with E-state index in [0.29, 0.717) is 11.5 Å². The molecule has 122 valence electrons. The van der Waals surface area contributed by atoms with Gasteiger partial charge in [0.05, 0.1) is 6.54 Å². The van der Waals surface area contributed by atoms with E-state index < -0.39 is 5.54 Å². The van der Waals surface area contributed by atoms with Crippen LogP contribution in [-0.2, 0) is 11.3 Å². The minimum atomic E-state index is -0.703. The van der Waals surface area contributed by atoms with E-state index >= 15 is 0 Å². The number of fused-ring (bicyclic) bond motifs is 1. The second kappa shape index (κ2) is 5.15. The van der Waals surface area contributed by atoms with E-state index in [-0.39, 0.29) is 31.2 Å². The Hall–Kier alpha value is -2.24. The zero-order valence-corrected chi connectivity index (χ0v) is 13.1. The van der Waals surface area contributed by atoms with Crippen LogP contribution in [0.2, 0.25) is 0 Å². The molecule has 4 rings (SSSR count). The average molecular weight is 316 g/mol. The number of hydrogen-bond acceptors (Lipinski definition) is 4. The van der Waals surface area contributed by atoms with E-state index in [9.17, 15) is 9.59 Å². The number of ether oxygens (including phenoxy) is 2. The summed E-state index contributed by atoms with van der Waals surface area (Å²) in [6, 6.07) is 5.22. The molecule has 2 aliphatic heterocycles. The molecule has 1 saturated heterocycles.